The van der Waals surface area contributed by atoms with Crippen LogP contribution in [-0.4, -0.2) is 22.2 Å². The Labute approximate surface area is 145 Å². The molecule has 1 amide bonds. The average molecular weight is 346 g/mol. The molecule has 1 aromatic carbocycles. The summed E-state index contributed by atoms with van der Waals surface area (Å²) < 4.78 is 7.21. The number of halogens is 1. The van der Waals surface area contributed by atoms with E-state index < -0.39 is 0 Å². The summed E-state index contributed by atoms with van der Waals surface area (Å²) in [4.78, 5) is 12.0. The number of nitrogens with zero attached hydrogens (tertiary/aromatic N) is 2. The minimum atomic E-state index is 0.0319. The lowest BCUT2D eigenvalue weighted by atomic mass is 10.1. The number of hydrogen-bond donors (Lipinski definition) is 1. The van der Waals surface area contributed by atoms with Crippen molar-refractivity contribution in [1.29, 1.82) is 0 Å². The van der Waals surface area contributed by atoms with Gasteiger partial charge in [-0.2, -0.15) is 0 Å². The Morgan fingerprint density at radius 3 is 2.92 bits per heavy atom. The predicted octanol–water partition coefficient (Wildman–Crippen LogP) is 3.65. The summed E-state index contributed by atoms with van der Waals surface area (Å²) in [5, 5.41) is 8.72. The van der Waals surface area contributed by atoms with Crippen molar-refractivity contribution >= 4 is 28.4 Å². The van der Waals surface area contributed by atoms with Gasteiger partial charge in [0.05, 0.1) is 5.69 Å². The Balaban J connectivity index is 1.50. The molecule has 0 aliphatic heterocycles. The van der Waals surface area contributed by atoms with Crippen LogP contribution in [0, 0.1) is 13.8 Å². The Morgan fingerprint density at radius 1 is 1.33 bits per heavy atom. The molecule has 2 heterocycles. The predicted molar refractivity (Wildman–Crippen MR) is 94.3 cm³/mol. The zero-order valence-corrected chi connectivity index (χ0v) is 14.6. The average Bonchev–Trinajstić information content (AvgIpc) is 3.09. The van der Waals surface area contributed by atoms with Crippen LogP contribution in [0.15, 0.2) is 35.0 Å². The van der Waals surface area contributed by atoms with Crippen molar-refractivity contribution in [2.75, 3.05) is 6.54 Å². The van der Waals surface area contributed by atoms with E-state index in [9.17, 15) is 4.79 Å². The molecule has 0 saturated carbocycles. The number of amides is 1. The van der Waals surface area contributed by atoms with Crippen molar-refractivity contribution in [3.63, 3.8) is 0 Å². The summed E-state index contributed by atoms with van der Waals surface area (Å²) >= 11 is 6.05. The molecule has 3 aromatic rings. The van der Waals surface area contributed by atoms with E-state index in [0.29, 0.717) is 31.0 Å². The van der Waals surface area contributed by atoms with Crippen LogP contribution in [0.3, 0.4) is 0 Å². The number of aromatic nitrogens is 2. The van der Waals surface area contributed by atoms with Gasteiger partial charge in [-0.3, -0.25) is 4.79 Å². The van der Waals surface area contributed by atoms with Gasteiger partial charge in [-0.1, -0.05) is 22.8 Å². The number of carbonyl (C=O) groups excluding carboxylic acids is 1. The van der Waals surface area contributed by atoms with Crippen LogP contribution in [0.5, 0.6) is 0 Å². The summed E-state index contributed by atoms with van der Waals surface area (Å²) in [5.41, 5.74) is 2.96. The van der Waals surface area contributed by atoms with E-state index >= 15 is 0 Å². The molecule has 5 nitrogen and oxygen atoms in total. The molecule has 0 saturated heterocycles. The van der Waals surface area contributed by atoms with Crippen molar-refractivity contribution in [2.45, 2.75) is 33.2 Å². The second-order valence-electron chi connectivity index (χ2n) is 5.86. The van der Waals surface area contributed by atoms with Crippen LogP contribution in [0.25, 0.3) is 10.9 Å². The molecular weight excluding hydrogens is 326 g/mol. The third kappa shape index (κ3) is 3.62. The third-order valence-electron chi connectivity index (χ3n) is 4.19. The number of carbonyl (C=O) groups is 1. The van der Waals surface area contributed by atoms with E-state index in [4.69, 9.17) is 16.1 Å². The molecule has 0 bridgehead atoms. The quantitative estimate of drug-likeness (QED) is 0.741. The van der Waals surface area contributed by atoms with Crippen LogP contribution in [-0.2, 0) is 17.8 Å². The second kappa shape index (κ2) is 7.09. The van der Waals surface area contributed by atoms with Gasteiger partial charge in [0.2, 0.25) is 5.91 Å². The highest BCUT2D eigenvalue weighted by molar-refractivity contribution is 6.31. The summed E-state index contributed by atoms with van der Waals surface area (Å²) in [6, 6.07) is 7.86. The minimum absolute atomic E-state index is 0.0319. The van der Waals surface area contributed by atoms with Crippen LogP contribution >= 0.6 is 11.6 Å². The first-order chi connectivity index (χ1) is 11.5. The molecule has 24 heavy (non-hydrogen) atoms. The standard InChI is InChI=1S/C18H20ClN3O2/c1-12-16(13(2)24-21-12)5-6-18(23)20-8-10-22-9-7-14-3-4-15(19)11-17(14)22/h3-4,7,9,11H,5-6,8,10H2,1-2H3,(H,20,23). The van der Waals surface area contributed by atoms with Crippen molar-refractivity contribution in [3.8, 4) is 0 Å². The first-order valence-electron chi connectivity index (χ1n) is 7.97. The van der Waals surface area contributed by atoms with Crippen molar-refractivity contribution in [1.82, 2.24) is 15.0 Å². The van der Waals surface area contributed by atoms with E-state index in [2.05, 4.69) is 15.0 Å². The Bertz CT molecular complexity index is 847. The third-order valence-corrected chi connectivity index (χ3v) is 4.43. The lowest BCUT2D eigenvalue weighted by Gasteiger charge is -2.08. The number of benzene rings is 1. The van der Waals surface area contributed by atoms with Gasteiger partial charge in [-0.05, 0) is 43.9 Å². The summed E-state index contributed by atoms with van der Waals surface area (Å²) in [5.74, 6) is 0.820. The topological polar surface area (TPSA) is 60.1 Å². The molecular formula is C18H20ClN3O2. The maximum Gasteiger partial charge on any atom is 0.220 e. The fourth-order valence-corrected chi connectivity index (χ4v) is 3.02. The van der Waals surface area contributed by atoms with Crippen LogP contribution < -0.4 is 5.32 Å². The zero-order chi connectivity index (χ0) is 17.1. The molecule has 0 atom stereocenters. The maximum atomic E-state index is 12.0. The van der Waals surface area contributed by atoms with Crippen LogP contribution in [0.4, 0.5) is 0 Å². The first-order valence-corrected chi connectivity index (χ1v) is 8.35. The Kier molecular flexibility index (Phi) is 4.90. The number of aryl methyl sites for hydroxylation is 2. The highest BCUT2D eigenvalue weighted by Gasteiger charge is 2.11. The molecule has 3 rings (SSSR count). The molecule has 0 fully saturated rings. The fourth-order valence-electron chi connectivity index (χ4n) is 2.85. The first kappa shape index (κ1) is 16.6. The number of hydrogen-bond acceptors (Lipinski definition) is 3. The molecule has 0 spiro atoms. The van der Waals surface area contributed by atoms with Gasteiger partial charge in [0.15, 0.2) is 0 Å². The molecule has 1 N–H and O–H groups in total. The summed E-state index contributed by atoms with van der Waals surface area (Å²) in [6.45, 7) is 5.05. The van der Waals surface area contributed by atoms with Gasteiger partial charge in [0.1, 0.15) is 5.76 Å². The van der Waals surface area contributed by atoms with E-state index in [1.807, 2.05) is 44.3 Å². The van der Waals surface area contributed by atoms with Crippen molar-refractivity contribution < 1.29 is 9.32 Å². The molecule has 2 aromatic heterocycles. The minimum Gasteiger partial charge on any atom is -0.361 e. The molecule has 0 radical (unpaired) electrons. The normalized spacial score (nSPS) is 11.1. The smallest absolute Gasteiger partial charge is 0.220 e. The van der Waals surface area contributed by atoms with E-state index in [1.165, 1.54) is 0 Å². The number of rotatable bonds is 6. The van der Waals surface area contributed by atoms with Gasteiger partial charge in [0, 0.05) is 41.8 Å². The van der Waals surface area contributed by atoms with E-state index in [1.54, 1.807) is 0 Å². The highest BCUT2D eigenvalue weighted by atomic mass is 35.5. The SMILES string of the molecule is Cc1noc(C)c1CCC(=O)NCCn1ccc2ccc(Cl)cc21. The van der Waals surface area contributed by atoms with Gasteiger partial charge < -0.3 is 14.4 Å². The Hall–Kier alpha value is -2.27. The zero-order valence-electron chi connectivity index (χ0n) is 13.8. The summed E-state index contributed by atoms with van der Waals surface area (Å²) in [7, 11) is 0. The van der Waals surface area contributed by atoms with Gasteiger partial charge in [-0.15, -0.1) is 0 Å². The molecule has 0 aliphatic carbocycles. The lowest BCUT2D eigenvalue weighted by Crippen LogP contribution is -2.27. The van der Waals surface area contributed by atoms with Crippen molar-refractivity contribution in [2.24, 2.45) is 0 Å². The molecule has 126 valence electrons. The second-order valence-corrected chi connectivity index (χ2v) is 6.30. The molecule has 0 aliphatic rings. The highest BCUT2D eigenvalue weighted by Crippen LogP contribution is 2.20. The van der Waals surface area contributed by atoms with E-state index in [-0.39, 0.29) is 5.91 Å². The lowest BCUT2D eigenvalue weighted by molar-refractivity contribution is -0.121. The molecule has 0 unspecified atom stereocenters. The maximum absolute atomic E-state index is 12.0. The van der Waals surface area contributed by atoms with Crippen LogP contribution in [0.1, 0.15) is 23.4 Å². The van der Waals surface area contributed by atoms with Crippen molar-refractivity contribution in [3.05, 3.63) is 52.5 Å². The fraction of sp³-hybridized carbons (Fsp3) is 0.333. The largest absolute Gasteiger partial charge is 0.361 e. The van der Waals surface area contributed by atoms with Gasteiger partial charge in [0.25, 0.3) is 0 Å². The monoisotopic (exact) mass is 345 g/mol. The summed E-state index contributed by atoms with van der Waals surface area (Å²) in [6.07, 6.45) is 3.09. The van der Waals surface area contributed by atoms with Crippen LogP contribution in [0.2, 0.25) is 5.02 Å². The number of fused-ring (bicyclic) bond motifs is 1. The Morgan fingerprint density at radius 2 is 2.17 bits per heavy atom. The van der Waals surface area contributed by atoms with E-state index in [0.717, 1.165) is 27.9 Å². The van der Waals surface area contributed by atoms with Gasteiger partial charge >= 0.3 is 0 Å². The van der Waals surface area contributed by atoms with Gasteiger partial charge in [-0.25, -0.2) is 0 Å². The molecule has 6 heteroatoms. The number of nitrogens with one attached hydrogen (secondary N) is 1.